The number of fused-ring (bicyclic) bond motifs is 5. The van der Waals surface area contributed by atoms with E-state index in [0.717, 1.165) is 39.2 Å². The second-order valence-corrected chi connectivity index (χ2v) is 9.41. The van der Waals surface area contributed by atoms with E-state index >= 15 is 0 Å². The maximum Gasteiger partial charge on any atom is 0.169 e. The zero-order valence-electron chi connectivity index (χ0n) is 20.0. The Balaban J connectivity index is 1.54. The van der Waals surface area contributed by atoms with Gasteiger partial charge in [0.1, 0.15) is 11.6 Å². The van der Waals surface area contributed by atoms with Crippen LogP contribution >= 0.6 is 0 Å². The van der Waals surface area contributed by atoms with Gasteiger partial charge in [-0.05, 0) is 82.0 Å². The largest absolute Gasteiger partial charge is 0.497 e. The predicted octanol–water partition coefficient (Wildman–Crippen LogP) is 5.16. The highest BCUT2D eigenvalue weighted by molar-refractivity contribution is 6.01. The maximum atomic E-state index is 14.2. The molecule has 6 rings (SSSR count). The number of rotatable bonds is 4. The minimum atomic E-state index is -0.303. The van der Waals surface area contributed by atoms with Crippen LogP contribution in [0.4, 0.5) is 4.39 Å². The van der Waals surface area contributed by atoms with Crippen LogP contribution in [0.25, 0.3) is 23.3 Å². The van der Waals surface area contributed by atoms with Gasteiger partial charge in [0.05, 0.1) is 7.11 Å². The lowest BCUT2D eigenvalue weighted by Crippen LogP contribution is -2.40. The second kappa shape index (κ2) is 9.12. The van der Waals surface area contributed by atoms with Crippen molar-refractivity contribution in [1.82, 2.24) is 5.32 Å². The summed E-state index contributed by atoms with van der Waals surface area (Å²) in [6.45, 7) is 0. The molecule has 4 heteroatoms. The first kappa shape index (κ1) is 22.3. The van der Waals surface area contributed by atoms with Crippen LogP contribution in [0, 0.1) is 11.7 Å². The molecule has 3 aromatic rings. The Morgan fingerprint density at radius 3 is 2.81 bits per heavy atom. The Hall–Kier alpha value is -4.18. The first-order valence-electron chi connectivity index (χ1n) is 12.2. The van der Waals surface area contributed by atoms with Gasteiger partial charge in [-0.1, -0.05) is 54.6 Å². The lowest BCUT2D eigenvalue weighted by molar-refractivity contribution is 0.0943. The zero-order valence-corrected chi connectivity index (χ0v) is 20.0. The van der Waals surface area contributed by atoms with Crippen molar-refractivity contribution in [2.45, 2.75) is 18.8 Å². The summed E-state index contributed by atoms with van der Waals surface area (Å²) < 4.78 is 19.6. The molecule has 0 saturated heterocycles. The van der Waals surface area contributed by atoms with Crippen molar-refractivity contribution in [2.75, 3.05) is 7.11 Å². The van der Waals surface area contributed by atoms with Gasteiger partial charge < -0.3 is 10.1 Å². The van der Waals surface area contributed by atoms with E-state index in [2.05, 4.69) is 35.7 Å². The van der Waals surface area contributed by atoms with Crippen LogP contribution in [0.5, 0.6) is 5.75 Å². The number of methoxy groups -OCH3 is 1. The number of hydrogen-bond acceptors (Lipinski definition) is 3. The predicted molar refractivity (Wildman–Crippen MR) is 141 cm³/mol. The van der Waals surface area contributed by atoms with Crippen molar-refractivity contribution in [3.63, 3.8) is 0 Å². The Labute approximate surface area is 209 Å². The molecule has 1 heterocycles. The number of ketones is 1. The fourth-order valence-corrected chi connectivity index (χ4v) is 5.59. The van der Waals surface area contributed by atoms with Gasteiger partial charge in [-0.25, -0.2) is 4.39 Å². The molecule has 3 nitrogen and oxygen atoms in total. The lowest BCUT2D eigenvalue weighted by Gasteiger charge is -2.30. The minimum absolute atomic E-state index is 0.0181. The van der Waals surface area contributed by atoms with Crippen molar-refractivity contribution in [3.05, 3.63) is 124 Å². The van der Waals surface area contributed by atoms with E-state index in [1.807, 2.05) is 48.7 Å². The first-order valence-corrected chi connectivity index (χ1v) is 12.2. The van der Waals surface area contributed by atoms with Gasteiger partial charge in [0.15, 0.2) is 5.78 Å². The molecule has 2 atom stereocenters. The molecule has 3 aliphatic rings. The number of halogens is 1. The standard InChI is InChI=1S/C32H26FNO2/c1-36-24-7-5-6-21(16-24)32(35)22-17-29-26-12-10-20-9-11-23(33)19-28(20)25(26)13-14-27(29)30(18-22)31-8-3-2-4-15-34-31/h2-9,11-17,19,22,30,34H,10,18H2,1H3. The highest BCUT2D eigenvalue weighted by atomic mass is 19.1. The highest BCUT2D eigenvalue weighted by Gasteiger charge is 2.31. The summed E-state index contributed by atoms with van der Waals surface area (Å²) in [5, 5.41) is 5.58. The van der Waals surface area contributed by atoms with E-state index in [1.54, 1.807) is 19.2 Å². The van der Waals surface area contributed by atoms with Crippen molar-refractivity contribution < 1.29 is 13.9 Å². The quantitative estimate of drug-likeness (QED) is 0.530. The third-order valence-corrected chi connectivity index (χ3v) is 7.35. The summed E-state index contributed by atoms with van der Waals surface area (Å²) in [6, 6.07) is 16.6. The lowest BCUT2D eigenvalue weighted by atomic mass is 9.75. The maximum absolute atomic E-state index is 14.2. The molecule has 3 aromatic carbocycles. The molecular formula is C32H26FNO2. The first-order chi connectivity index (χ1) is 17.6. The molecule has 0 saturated carbocycles. The average molecular weight is 476 g/mol. The fourth-order valence-electron chi connectivity index (χ4n) is 5.59. The van der Waals surface area contributed by atoms with Gasteiger partial charge in [-0.3, -0.25) is 4.79 Å². The van der Waals surface area contributed by atoms with Crippen LogP contribution in [0.2, 0.25) is 0 Å². The van der Waals surface area contributed by atoms with Crippen molar-refractivity contribution >= 4 is 17.9 Å². The van der Waals surface area contributed by atoms with Gasteiger partial charge in [-0.15, -0.1) is 0 Å². The SMILES string of the molecule is COc1cccc(C(=O)C2C=c3c(ccc4c3=CCc3ccc(F)cc3-4)C(C3=CC=CC=CN3)C2)c1. The molecule has 0 bridgehead atoms. The van der Waals surface area contributed by atoms with Crippen LogP contribution in [-0.4, -0.2) is 12.9 Å². The summed E-state index contributed by atoms with van der Waals surface area (Å²) in [5.41, 5.74) is 5.94. The van der Waals surface area contributed by atoms with E-state index in [0.29, 0.717) is 17.7 Å². The van der Waals surface area contributed by atoms with Crippen molar-refractivity contribution in [2.24, 2.45) is 5.92 Å². The number of hydrogen-bond donors (Lipinski definition) is 1. The molecule has 36 heavy (non-hydrogen) atoms. The molecule has 0 spiro atoms. The molecule has 0 radical (unpaired) electrons. The Morgan fingerprint density at radius 2 is 1.92 bits per heavy atom. The third-order valence-electron chi connectivity index (χ3n) is 7.35. The van der Waals surface area contributed by atoms with Crippen LogP contribution in [0.1, 0.15) is 33.8 Å². The summed E-state index contributed by atoms with van der Waals surface area (Å²) >= 11 is 0. The Kier molecular flexibility index (Phi) is 5.65. The number of ether oxygens (including phenoxy) is 1. The average Bonchev–Trinajstić information content (AvgIpc) is 3.21. The summed E-state index contributed by atoms with van der Waals surface area (Å²) in [4.78, 5) is 13.8. The third kappa shape index (κ3) is 3.89. The molecule has 1 aliphatic heterocycles. The van der Waals surface area contributed by atoms with E-state index in [9.17, 15) is 9.18 Å². The van der Waals surface area contributed by atoms with Crippen LogP contribution in [-0.2, 0) is 6.42 Å². The van der Waals surface area contributed by atoms with Gasteiger partial charge in [-0.2, -0.15) is 0 Å². The van der Waals surface area contributed by atoms with Gasteiger partial charge in [0, 0.05) is 29.3 Å². The number of carbonyl (C=O) groups excluding carboxylic acids is 1. The molecular weight excluding hydrogens is 449 g/mol. The molecule has 0 amide bonds. The van der Waals surface area contributed by atoms with Crippen LogP contribution in [0.3, 0.4) is 0 Å². The summed E-state index contributed by atoms with van der Waals surface area (Å²) in [5.74, 6) is 0.219. The number of carbonyl (C=O) groups is 1. The number of nitrogens with one attached hydrogen (secondary N) is 1. The number of Topliss-reactive ketones (excluding diaryl/α,β-unsaturated/α-hetero) is 1. The van der Waals surface area contributed by atoms with E-state index in [4.69, 9.17) is 4.74 Å². The number of benzene rings is 3. The molecule has 178 valence electrons. The molecule has 1 N–H and O–H groups in total. The smallest absolute Gasteiger partial charge is 0.169 e. The summed E-state index contributed by atoms with van der Waals surface area (Å²) in [6.07, 6.45) is 15.7. The normalized spacial score (nSPS) is 19.3. The highest BCUT2D eigenvalue weighted by Crippen LogP contribution is 2.35. The van der Waals surface area contributed by atoms with Gasteiger partial charge in [0.25, 0.3) is 0 Å². The van der Waals surface area contributed by atoms with E-state index in [1.165, 1.54) is 11.6 Å². The van der Waals surface area contributed by atoms with Crippen LogP contribution in [0.15, 0.2) is 90.8 Å². The van der Waals surface area contributed by atoms with E-state index < -0.39 is 0 Å². The Bertz CT molecular complexity index is 1590. The molecule has 2 unspecified atom stereocenters. The van der Waals surface area contributed by atoms with Gasteiger partial charge >= 0.3 is 0 Å². The summed E-state index contributed by atoms with van der Waals surface area (Å²) in [7, 11) is 1.61. The zero-order chi connectivity index (χ0) is 24.6. The topological polar surface area (TPSA) is 38.3 Å². The Morgan fingerprint density at radius 1 is 1.00 bits per heavy atom. The van der Waals surface area contributed by atoms with Crippen LogP contribution < -0.4 is 20.5 Å². The number of allylic oxidation sites excluding steroid dienone is 5. The monoisotopic (exact) mass is 475 g/mol. The van der Waals surface area contributed by atoms with E-state index in [-0.39, 0.29) is 23.4 Å². The molecule has 0 fully saturated rings. The molecule has 0 aromatic heterocycles. The second-order valence-electron chi connectivity index (χ2n) is 9.41. The fraction of sp³-hybridized carbons (Fsp3) is 0.156. The van der Waals surface area contributed by atoms with Crippen molar-refractivity contribution in [3.8, 4) is 16.9 Å². The molecule has 2 aliphatic carbocycles. The van der Waals surface area contributed by atoms with Crippen molar-refractivity contribution in [1.29, 1.82) is 0 Å². The minimum Gasteiger partial charge on any atom is -0.497 e. The van der Waals surface area contributed by atoms with Gasteiger partial charge in [0.2, 0.25) is 0 Å².